The van der Waals surface area contributed by atoms with Crippen molar-refractivity contribution < 1.29 is 0 Å². The maximum absolute atomic E-state index is 5.46. The Labute approximate surface area is 75.2 Å². The Morgan fingerprint density at radius 2 is 2.38 bits per heavy atom. The van der Waals surface area contributed by atoms with Crippen LogP contribution in [-0.2, 0) is 6.54 Å². The van der Waals surface area contributed by atoms with Crippen LogP contribution in [0.5, 0.6) is 0 Å². The molecular formula is C8H9N5. The van der Waals surface area contributed by atoms with Gasteiger partial charge in [-0.1, -0.05) is 0 Å². The summed E-state index contributed by atoms with van der Waals surface area (Å²) in [4.78, 5) is 7.87. The van der Waals surface area contributed by atoms with Crippen LogP contribution in [0.1, 0.15) is 5.56 Å². The van der Waals surface area contributed by atoms with E-state index >= 15 is 0 Å². The fraction of sp³-hybridized carbons (Fsp3) is 0.125. The van der Waals surface area contributed by atoms with E-state index < -0.39 is 0 Å². The second-order valence-corrected chi connectivity index (χ2v) is 2.56. The van der Waals surface area contributed by atoms with Gasteiger partial charge in [-0.05, 0) is 0 Å². The summed E-state index contributed by atoms with van der Waals surface area (Å²) in [6.07, 6.45) is 6.73. The molecule has 2 aromatic heterocycles. The third-order valence-electron chi connectivity index (χ3n) is 1.67. The zero-order valence-electron chi connectivity index (χ0n) is 6.96. The average Bonchev–Trinajstić information content (AvgIpc) is 2.67. The highest BCUT2D eigenvalue weighted by atomic mass is 15.3. The molecule has 0 saturated heterocycles. The molecule has 2 aromatic rings. The Morgan fingerprint density at radius 3 is 3.00 bits per heavy atom. The van der Waals surface area contributed by atoms with Gasteiger partial charge in [0.05, 0.1) is 6.20 Å². The summed E-state index contributed by atoms with van der Waals surface area (Å²) in [6.45, 7) is 0.491. The molecule has 0 radical (unpaired) electrons. The first-order valence-electron chi connectivity index (χ1n) is 3.90. The summed E-state index contributed by atoms with van der Waals surface area (Å²) in [5.74, 6) is 0.745. The molecule has 5 heteroatoms. The van der Waals surface area contributed by atoms with Gasteiger partial charge in [0.25, 0.3) is 0 Å². The van der Waals surface area contributed by atoms with Gasteiger partial charge in [0.2, 0.25) is 0 Å². The molecule has 0 fully saturated rings. The molecule has 0 aliphatic rings. The molecule has 5 nitrogen and oxygen atoms in total. The maximum Gasteiger partial charge on any atom is 0.156 e. The van der Waals surface area contributed by atoms with Gasteiger partial charge in [0.15, 0.2) is 5.82 Å². The van der Waals surface area contributed by atoms with Gasteiger partial charge in [-0.3, -0.25) is 0 Å². The highest BCUT2D eigenvalue weighted by Gasteiger charge is 1.98. The third kappa shape index (κ3) is 1.54. The quantitative estimate of drug-likeness (QED) is 0.703. The average molecular weight is 175 g/mol. The van der Waals surface area contributed by atoms with Gasteiger partial charge in [-0.2, -0.15) is 5.10 Å². The minimum Gasteiger partial charge on any atom is -0.326 e. The van der Waals surface area contributed by atoms with Crippen LogP contribution in [0.3, 0.4) is 0 Å². The van der Waals surface area contributed by atoms with E-state index in [0.717, 1.165) is 11.4 Å². The van der Waals surface area contributed by atoms with Gasteiger partial charge in [0.1, 0.15) is 6.33 Å². The number of rotatable bonds is 2. The van der Waals surface area contributed by atoms with E-state index in [-0.39, 0.29) is 0 Å². The summed E-state index contributed by atoms with van der Waals surface area (Å²) in [7, 11) is 0. The molecule has 0 aliphatic carbocycles. The number of nitrogens with two attached hydrogens (primary N) is 1. The van der Waals surface area contributed by atoms with Crippen molar-refractivity contribution in [1.29, 1.82) is 0 Å². The van der Waals surface area contributed by atoms with E-state index in [1.165, 1.54) is 6.33 Å². The van der Waals surface area contributed by atoms with E-state index in [9.17, 15) is 0 Å². The fourth-order valence-corrected chi connectivity index (χ4v) is 1.01. The molecule has 0 aromatic carbocycles. The first-order valence-corrected chi connectivity index (χ1v) is 3.90. The minimum atomic E-state index is 0.491. The molecular weight excluding hydrogens is 166 g/mol. The van der Waals surface area contributed by atoms with Crippen LogP contribution in [-0.4, -0.2) is 19.7 Å². The van der Waals surface area contributed by atoms with Crippen LogP contribution in [0.4, 0.5) is 0 Å². The van der Waals surface area contributed by atoms with E-state index in [1.54, 1.807) is 23.1 Å². The number of hydrogen-bond acceptors (Lipinski definition) is 4. The van der Waals surface area contributed by atoms with Gasteiger partial charge < -0.3 is 5.73 Å². The molecule has 66 valence electrons. The van der Waals surface area contributed by atoms with Crippen LogP contribution in [0.15, 0.2) is 31.0 Å². The molecule has 0 bridgehead atoms. The first-order chi connectivity index (χ1) is 6.40. The van der Waals surface area contributed by atoms with Crippen molar-refractivity contribution in [2.45, 2.75) is 6.54 Å². The SMILES string of the molecule is NCc1cnn(-c2ccncn2)c1. The minimum absolute atomic E-state index is 0.491. The first kappa shape index (κ1) is 7.88. The topological polar surface area (TPSA) is 69.6 Å². The van der Waals surface area contributed by atoms with Crippen LogP contribution in [0.25, 0.3) is 5.82 Å². The van der Waals surface area contributed by atoms with Crippen molar-refractivity contribution in [3.8, 4) is 5.82 Å². The molecule has 2 N–H and O–H groups in total. The molecule has 13 heavy (non-hydrogen) atoms. The van der Waals surface area contributed by atoms with Gasteiger partial charge in [-0.25, -0.2) is 14.6 Å². The van der Waals surface area contributed by atoms with Crippen LogP contribution in [0.2, 0.25) is 0 Å². The second kappa shape index (κ2) is 3.32. The van der Waals surface area contributed by atoms with Crippen molar-refractivity contribution >= 4 is 0 Å². The van der Waals surface area contributed by atoms with Crippen molar-refractivity contribution in [1.82, 2.24) is 19.7 Å². The zero-order chi connectivity index (χ0) is 9.10. The van der Waals surface area contributed by atoms with Gasteiger partial charge in [-0.15, -0.1) is 0 Å². The molecule has 0 atom stereocenters. The zero-order valence-corrected chi connectivity index (χ0v) is 6.96. The number of aromatic nitrogens is 4. The Morgan fingerprint density at radius 1 is 1.46 bits per heavy atom. The lowest BCUT2D eigenvalue weighted by Gasteiger charge is -1.96. The van der Waals surface area contributed by atoms with Crippen molar-refractivity contribution in [2.24, 2.45) is 5.73 Å². The monoisotopic (exact) mass is 175 g/mol. The standard InChI is InChI=1S/C8H9N5/c9-3-7-4-12-13(5-7)8-1-2-10-6-11-8/h1-2,4-6H,3,9H2. The third-order valence-corrected chi connectivity index (χ3v) is 1.67. The van der Waals surface area contributed by atoms with Crippen LogP contribution >= 0.6 is 0 Å². The largest absolute Gasteiger partial charge is 0.326 e. The summed E-state index contributed by atoms with van der Waals surface area (Å²) in [6, 6.07) is 1.79. The highest BCUT2D eigenvalue weighted by Crippen LogP contribution is 2.02. The maximum atomic E-state index is 5.46. The van der Waals surface area contributed by atoms with E-state index in [4.69, 9.17) is 5.73 Å². The smallest absolute Gasteiger partial charge is 0.156 e. The normalized spacial score (nSPS) is 10.2. The number of hydrogen-bond donors (Lipinski definition) is 1. The molecule has 2 rings (SSSR count). The number of nitrogens with zero attached hydrogens (tertiary/aromatic N) is 4. The molecule has 0 amide bonds. The second-order valence-electron chi connectivity index (χ2n) is 2.56. The molecule has 0 spiro atoms. The lowest BCUT2D eigenvalue weighted by Crippen LogP contribution is -1.98. The van der Waals surface area contributed by atoms with E-state index in [2.05, 4.69) is 15.1 Å². The predicted molar refractivity (Wildman–Crippen MR) is 47.0 cm³/mol. The van der Waals surface area contributed by atoms with Gasteiger partial charge in [0, 0.05) is 30.6 Å². The lowest BCUT2D eigenvalue weighted by molar-refractivity contribution is 0.838. The van der Waals surface area contributed by atoms with Crippen molar-refractivity contribution in [3.05, 3.63) is 36.5 Å². The Balaban J connectivity index is 2.36. The Kier molecular flexibility index (Phi) is 2.01. The van der Waals surface area contributed by atoms with Crippen LogP contribution in [0, 0.1) is 0 Å². The fourth-order valence-electron chi connectivity index (χ4n) is 1.01. The summed E-state index contributed by atoms with van der Waals surface area (Å²) < 4.78 is 1.67. The molecule has 0 unspecified atom stereocenters. The molecule has 2 heterocycles. The van der Waals surface area contributed by atoms with Crippen LogP contribution < -0.4 is 5.73 Å². The van der Waals surface area contributed by atoms with E-state index in [1.807, 2.05) is 6.20 Å². The molecule has 0 aliphatic heterocycles. The Hall–Kier alpha value is -1.75. The van der Waals surface area contributed by atoms with E-state index in [0.29, 0.717) is 6.54 Å². The summed E-state index contributed by atoms with van der Waals surface area (Å²) in [5.41, 5.74) is 6.44. The summed E-state index contributed by atoms with van der Waals surface area (Å²) >= 11 is 0. The van der Waals surface area contributed by atoms with Gasteiger partial charge >= 0.3 is 0 Å². The van der Waals surface area contributed by atoms with Crippen molar-refractivity contribution in [2.75, 3.05) is 0 Å². The summed E-state index contributed by atoms with van der Waals surface area (Å²) in [5, 5.41) is 4.10. The Bertz CT molecular complexity index is 380. The lowest BCUT2D eigenvalue weighted by atomic mass is 10.4. The highest BCUT2D eigenvalue weighted by molar-refractivity contribution is 5.19. The van der Waals surface area contributed by atoms with Crippen molar-refractivity contribution in [3.63, 3.8) is 0 Å². The molecule has 0 saturated carbocycles. The predicted octanol–water partition coefficient (Wildman–Crippen LogP) is 0.121.